The predicted molar refractivity (Wildman–Crippen MR) is 113 cm³/mol. The van der Waals surface area contributed by atoms with Gasteiger partial charge in [0.1, 0.15) is 23.6 Å². The number of rotatable bonds is 4. The summed E-state index contributed by atoms with van der Waals surface area (Å²) in [5.41, 5.74) is 1.28. The van der Waals surface area contributed by atoms with Gasteiger partial charge in [-0.2, -0.15) is 0 Å². The highest BCUT2D eigenvalue weighted by Crippen LogP contribution is 2.49. The first kappa shape index (κ1) is 19.8. The number of nitrogens with one attached hydrogen (secondary N) is 1. The van der Waals surface area contributed by atoms with E-state index in [1.807, 2.05) is 55.6 Å². The second-order valence-corrected chi connectivity index (χ2v) is 8.88. The average Bonchev–Trinajstić information content (AvgIpc) is 3.34. The SMILES string of the molecule is CC[C@@H](C)N1C(=O)[C@@H]2[C@H](Cc3ccc(O)cc3)[NH2+][C@@]3(C(=O)Nc4ccccc43)[C@@H]2C1=O. The minimum atomic E-state index is -1.14. The molecule has 5 rings (SSSR count). The number of hydrogen-bond acceptors (Lipinski definition) is 4. The number of carbonyl (C=O) groups excluding carboxylic acids is 3. The molecule has 3 amide bonds. The highest BCUT2D eigenvalue weighted by atomic mass is 16.3. The number of imide groups is 1. The maximum Gasteiger partial charge on any atom is 0.291 e. The zero-order chi connectivity index (χ0) is 21.9. The summed E-state index contributed by atoms with van der Waals surface area (Å²) in [6.07, 6.45) is 1.19. The molecule has 2 fully saturated rings. The second kappa shape index (κ2) is 6.92. The molecule has 2 aromatic carbocycles. The van der Waals surface area contributed by atoms with E-state index in [2.05, 4.69) is 5.32 Å². The monoisotopic (exact) mass is 420 g/mol. The van der Waals surface area contributed by atoms with Gasteiger partial charge in [0.05, 0.1) is 5.69 Å². The molecule has 3 aliphatic rings. The Balaban J connectivity index is 1.62. The topological polar surface area (TPSA) is 103 Å². The van der Waals surface area contributed by atoms with Crippen LogP contribution in [0.25, 0.3) is 0 Å². The smallest absolute Gasteiger partial charge is 0.291 e. The third kappa shape index (κ3) is 2.66. The fourth-order valence-electron chi connectivity index (χ4n) is 5.65. The van der Waals surface area contributed by atoms with Crippen molar-refractivity contribution in [2.75, 3.05) is 5.32 Å². The van der Waals surface area contributed by atoms with Gasteiger partial charge in [-0.05, 0) is 37.1 Å². The van der Waals surface area contributed by atoms with Gasteiger partial charge in [0.15, 0.2) is 0 Å². The lowest BCUT2D eigenvalue weighted by molar-refractivity contribution is -0.733. The summed E-state index contributed by atoms with van der Waals surface area (Å²) >= 11 is 0. The summed E-state index contributed by atoms with van der Waals surface area (Å²) in [4.78, 5) is 41.9. The normalized spacial score (nSPS) is 29.9. The summed E-state index contributed by atoms with van der Waals surface area (Å²) in [7, 11) is 0. The summed E-state index contributed by atoms with van der Waals surface area (Å²) < 4.78 is 0. The van der Waals surface area contributed by atoms with E-state index in [1.165, 1.54) is 4.90 Å². The zero-order valence-corrected chi connectivity index (χ0v) is 17.5. The molecule has 5 atom stereocenters. The molecule has 0 bridgehead atoms. The lowest BCUT2D eigenvalue weighted by Gasteiger charge is -2.28. The van der Waals surface area contributed by atoms with Crippen LogP contribution in [0.3, 0.4) is 0 Å². The van der Waals surface area contributed by atoms with E-state index < -0.39 is 17.4 Å². The third-order valence-electron chi connectivity index (χ3n) is 7.25. The Morgan fingerprint density at radius 3 is 2.52 bits per heavy atom. The number of phenols is 1. The third-order valence-corrected chi connectivity index (χ3v) is 7.25. The fraction of sp³-hybridized carbons (Fsp3) is 0.375. The van der Waals surface area contributed by atoms with Crippen molar-refractivity contribution in [3.63, 3.8) is 0 Å². The van der Waals surface area contributed by atoms with Crippen LogP contribution in [0, 0.1) is 11.8 Å². The molecular weight excluding hydrogens is 394 g/mol. The molecule has 7 heteroatoms. The molecule has 7 nitrogen and oxygen atoms in total. The van der Waals surface area contributed by atoms with E-state index in [-0.39, 0.29) is 35.6 Å². The van der Waals surface area contributed by atoms with Crippen molar-refractivity contribution < 1.29 is 24.8 Å². The Hall–Kier alpha value is -3.19. The Morgan fingerprint density at radius 2 is 1.81 bits per heavy atom. The summed E-state index contributed by atoms with van der Waals surface area (Å²) in [5, 5.41) is 14.5. The minimum Gasteiger partial charge on any atom is -0.508 e. The Kier molecular flexibility index (Phi) is 4.41. The van der Waals surface area contributed by atoms with E-state index in [1.54, 1.807) is 12.1 Å². The van der Waals surface area contributed by atoms with Crippen molar-refractivity contribution in [2.45, 2.75) is 44.3 Å². The van der Waals surface area contributed by atoms with Crippen LogP contribution in [-0.2, 0) is 26.3 Å². The van der Waals surface area contributed by atoms with Gasteiger partial charge in [0.2, 0.25) is 17.4 Å². The standard InChI is InChI=1S/C24H25N3O4/c1-3-13(2)27-21(29)19-18(12-14-8-10-15(28)11-9-14)26-24(20(19)22(27)30)16-6-4-5-7-17(16)25-23(24)31/h4-11,13,18-20,26,28H,3,12H2,1-2H3,(H,25,31)/p+1/t13-,18+,19-,20+,24-/m1/s1. The van der Waals surface area contributed by atoms with Crippen LogP contribution in [0.4, 0.5) is 5.69 Å². The van der Waals surface area contributed by atoms with Crippen LogP contribution in [-0.4, -0.2) is 39.8 Å². The minimum absolute atomic E-state index is 0.174. The molecule has 4 N–H and O–H groups in total. The van der Waals surface area contributed by atoms with E-state index in [0.717, 1.165) is 11.1 Å². The van der Waals surface area contributed by atoms with E-state index in [4.69, 9.17) is 0 Å². The van der Waals surface area contributed by atoms with Crippen LogP contribution in [0.5, 0.6) is 5.75 Å². The fourth-order valence-corrected chi connectivity index (χ4v) is 5.65. The van der Waals surface area contributed by atoms with Crippen LogP contribution in [0.2, 0.25) is 0 Å². The van der Waals surface area contributed by atoms with Crippen LogP contribution in [0.15, 0.2) is 48.5 Å². The molecular formula is C24H26N3O4+. The number of aromatic hydroxyl groups is 1. The molecule has 3 aliphatic heterocycles. The average molecular weight is 420 g/mol. The lowest BCUT2D eigenvalue weighted by Crippen LogP contribution is -2.99. The van der Waals surface area contributed by atoms with Crippen molar-refractivity contribution in [2.24, 2.45) is 11.8 Å². The van der Waals surface area contributed by atoms with Crippen molar-refractivity contribution in [1.29, 1.82) is 0 Å². The van der Waals surface area contributed by atoms with Gasteiger partial charge in [-0.1, -0.05) is 37.3 Å². The number of carbonyl (C=O) groups is 3. The molecule has 2 saturated heterocycles. The Morgan fingerprint density at radius 1 is 1.10 bits per heavy atom. The van der Waals surface area contributed by atoms with E-state index >= 15 is 0 Å². The van der Waals surface area contributed by atoms with Gasteiger partial charge < -0.3 is 15.7 Å². The number of fused-ring (bicyclic) bond motifs is 4. The number of anilines is 1. The molecule has 0 unspecified atom stereocenters. The van der Waals surface area contributed by atoms with E-state index in [0.29, 0.717) is 18.5 Å². The van der Waals surface area contributed by atoms with Gasteiger partial charge in [-0.3, -0.25) is 19.3 Å². The maximum absolute atomic E-state index is 13.6. The number of phenolic OH excluding ortho intramolecular Hbond substituents is 1. The van der Waals surface area contributed by atoms with Crippen molar-refractivity contribution in [3.05, 3.63) is 59.7 Å². The van der Waals surface area contributed by atoms with Gasteiger partial charge in [-0.15, -0.1) is 0 Å². The molecule has 0 aliphatic carbocycles. The predicted octanol–water partition coefficient (Wildman–Crippen LogP) is 1.13. The van der Waals surface area contributed by atoms with Gasteiger partial charge >= 0.3 is 0 Å². The number of nitrogens with two attached hydrogens (primary N) is 1. The van der Waals surface area contributed by atoms with Crippen molar-refractivity contribution in [1.82, 2.24) is 4.90 Å². The summed E-state index contributed by atoms with van der Waals surface area (Å²) in [5.74, 6) is -1.80. The molecule has 3 heterocycles. The highest BCUT2D eigenvalue weighted by molar-refractivity contribution is 6.14. The number of benzene rings is 2. The number of para-hydroxylation sites is 1. The molecule has 0 radical (unpaired) electrons. The number of nitrogens with zero attached hydrogens (tertiary/aromatic N) is 1. The molecule has 2 aromatic rings. The van der Waals surface area contributed by atoms with Gasteiger partial charge in [0, 0.05) is 18.0 Å². The van der Waals surface area contributed by atoms with Gasteiger partial charge in [-0.25, -0.2) is 0 Å². The molecule has 1 spiro atoms. The second-order valence-electron chi connectivity index (χ2n) is 8.88. The quantitative estimate of drug-likeness (QED) is 0.645. The first-order valence-electron chi connectivity index (χ1n) is 10.8. The molecule has 31 heavy (non-hydrogen) atoms. The number of quaternary nitrogens is 1. The van der Waals surface area contributed by atoms with E-state index in [9.17, 15) is 19.5 Å². The first-order valence-corrected chi connectivity index (χ1v) is 10.8. The van der Waals surface area contributed by atoms with Crippen LogP contribution >= 0.6 is 0 Å². The van der Waals surface area contributed by atoms with Crippen LogP contribution < -0.4 is 10.6 Å². The maximum atomic E-state index is 13.6. The Labute approximate surface area is 180 Å². The van der Waals surface area contributed by atoms with Crippen molar-refractivity contribution >= 4 is 23.4 Å². The highest BCUT2D eigenvalue weighted by Gasteiger charge is 2.74. The Bertz CT molecular complexity index is 1080. The zero-order valence-electron chi connectivity index (χ0n) is 17.5. The number of amides is 3. The molecule has 0 saturated carbocycles. The molecule has 0 aromatic heterocycles. The number of hydrogen-bond donors (Lipinski definition) is 3. The lowest BCUT2D eigenvalue weighted by atomic mass is 9.76. The summed E-state index contributed by atoms with van der Waals surface area (Å²) in [6, 6.07) is 13.8. The largest absolute Gasteiger partial charge is 0.508 e. The summed E-state index contributed by atoms with van der Waals surface area (Å²) in [6.45, 7) is 3.83. The first-order chi connectivity index (χ1) is 14.9. The number of likely N-dealkylation sites (tertiary alicyclic amines) is 1. The van der Waals surface area contributed by atoms with Crippen LogP contribution in [0.1, 0.15) is 31.4 Å². The molecule has 160 valence electrons. The van der Waals surface area contributed by atoms with Gasteiger partial charge in [0.25, 0.3) is 5.91 Å². The van der Waals surface area contributed by atoms with Crippen molar-refractivity contribution in [3.8, 4) is 5.75 Å².